The molecule has 0 atom stereocenters. The average Bonchev–Trinajstić information content (AvgIpc) is 2.26. The molecule has 0 heterocycles. The third kappa shape index (κ3) is 3.25. The molecule has 1 N–H and O–H groups in total. The number of hydrogen-bond acceptors (Lipinski definition) is 4. The van der Waals surface area contributed by atoms with Crippen LogP contribution in [0.3, 0.4) is 0 Å². The van der Waals surface area contributed by atoms with Crippen molar-refractivity contribution in [3.8, 4) is 0 Å². The maximum absolute atomic E-state index is 11.6. The van der Waals surface area contributed by atoms with E-state index in [-0.39, 0.29) is 11.2 Å². The third-order valence-electron chi connectivity index (χ3n) is 1.90. The summed E-state index contributed by atoms with van der Waals surface area (Å²) in [6.45, 7) is 1.32. The summed E-state index contributed by atoms with van der Waals surface area (Å²) in [6, 6.07) is 6.17. The van der Waals surface area contributed by atoms with Gasteiger partial charge in [0.25, 0.3) is 0 Å². The van der Waals surface area contributed by atoms with E-state index in [1.807, 2.05) is 11.6 Å². The quantitative estimate of drug-likeness (QED) is 0.583. The first-order chi connectivity index (χ1) is 7.45. The highest BCUT2D eigenvalue weighted by Gasteiger charge is 2.14. The average molecular weight is 241 g/mol. The van der Waals surface area contributed by atoms with Crippen LogP contribution < -0.4 is 4.72 Å². The fourth-order valence-electron chi connectivity index (χ4n) is 1.01. The van der Waals surface area contributed by atoms with E-state index >= 15 is 0 Å². The summed E-state index contributed by atoms with van der Waals surface area (Å²) in [4.78, 5) is 20.7. The van der Waals surface area contributed by atoms with E-state index in [1.165, 1.54) is 12.1 Å². The third-order valence-corrected chi connectivity index (χ3v) is 3.32. The summed E-state index contributed by atoms with van der Waals surface area (Å²) in [6.07, 6.45) is 0.0810. The summed E-state index contributed by atoms with van der Waals surface area (Å²) in [5, 5.41) is 0. The molecule has 1 rings (SSSR count). The molecule has 0 aliphatic heterocycles. The largest absolute Gasteiger partial charge is 0.295 e. The van der Waals surface area contributed by atoms with Crippen LogP contribution in [0.1, 0.15) is 5.56 Å². The molecule has 86 valence electrons. The Balaban J connectivity index is 2.82. The number of Topliss-reactive ketones (excluding diaryl/α,β-unsaturated/α-hetero) is 1. The molecule has 0 amide bonds. The molecule has 0 saturated carbocycles. The summed E-state index contributed by atoms with van der Waals surface area (Å²) < 4.78 is 25.2. The Labute approximate surface area is 93.5 Å². The lowest BCUT2D eigenvalue weighted by Gasteiger charge is -2.04. The van der Waals surface area contributed by atoms with E-state index in [2.05, 4.69) is 0 Å². The van der Waals surface area contributed by atoms with Crippen LogP contribution in [0.25, 0.3) is 0 Å². The second-order valence-corrected chi connectivity index (χ2v) is 4.99. The topological polar surface area (TPSA) is 80.3 Å². The van der Waals surface area contributed by atoms with Crippen molar-refractivity contribution in [2.45, 2.75) is 11.8 Å². The lowest BCUT2D eigenvalue weighted by Crippen LogP contribution is -2.30. The molecule has 0 unspecified atom stereocenters. The van der Waals surface area contributed by atoms with Gasteiger partial charge in [-0.3, -0.25) is 9.59 Å². The van der Waals surface area contributed by atoms with Crippen LogP contribution >= 0.6 is 0 Å². The van der Waals surface area contributed by atoms with Gasteiger partial charge in [0.15, 0.2) is 6.29 Å². The van der Waals surface area contributed by atoms with Crippen LogP contribution in [0.4, 0.5) is 0 Å². The monoisotopic (exact) mass is 241 g/mol. The minimum absolute atomic E-state index is 0.0665. The Bertz CT molecular complexity index is 490. The zero-order valence-corrected chi connectivity index (χ0v) is 9.45. The van der Waals surface area contributed by atoms with Crippen molar-refractivity contribution in [2.75, 3.05) is 6.54 Å². The standard InChI is InChI=1S/C10H11NO4S/c1-8-2-4-10(5-3-8)16(14,15)11-6-9(13)7-12/h2-5,7,11H,6H2,1H3. The number of nitrogens with one attached hydrogen (secondary N) is 1. The van der Waals surface area contributed by atoms with Gasteiger partial charge in [0.05, 0.1) is 11.4 Å². The number of benzene rings is 1. The van der Waals surface area contributed by atoms with Crippen molar-refractivity contribution >= 4 is 22.1 Å². The van der Waals surface area contributed by atoms with Crippen molar-refractivity contribution in [2.24, 2.45) is 0 Å². The summed E-state index contributed by atoms with van der Waals surface area (Å²) in [5.41, 5.74) is 0.933. The van der Waals surface area contributed by atoms with E-state index in [1.54, 1.807) is 12.1 Å². The molecule has 0 aliphatic carbocycles. The zero-order chi connectivity index (χ0) is 12.2. The van der Waals surface area contributed by atoms with Gasteiger partial charge < -0.3 is 0 Å². The van der Waals surface area contributed by atoms with Crippen LogP contribution in [0.15, 0.2) is 29.2 Å². The fourth-order valence-corrected chi connectivity index (χ4v) is 2.00. The fraction of sp³-hybridized carbons (Fsp3) is 0.200. The second-order valence-electron chi connectivity index (χ2n) is 3.22. The first kappa shape index (κ1) is 12.5. The van der Waals surface area contributed by atoms with Gasteiger partial charge in [-0.05, 0) is 19.1 Å². The molecule has 0 bridgehead atoms. The van der Waals surface area contributed by atoms with Crippen LogP contribution in [-0.2, 0) is 19.6 Å². The maximum atomic E-state index is 11.6. The molecular formula is C10H11NO4S. The predicted octanol–water partition coefficient (Wildman–Crippen LogP) is 0.0413. The molecule has 6 heteroatoms. The van der Waals surface area contributed by atoms with Crippen LogP contribution in [-0.4, -0.2) is 27.0 Å². The van der Waals surface area contributed by atoms with E-state index in [4.69, 9.17) is 0 Å². The van der Waals surface area contributed by atoms with Crippen molar-refractivity contribution in [1.82, 2.24) is 4.72 Å². The van der Waals surface area contributed by atoms with Gasteiger partial charge in [0.2, 0.25) is 15.8 Å². The van der Waals surface area contributed by atoms with Crippen LogP contribution in [0.2, 0.25) is 0 Å². The van der Waals surface area contributed by atoms with E-state index in [0.717, 1.165) is 5.56 Å². The van der Waals surface area contributed by atoms with E-state index < -0.39 is 22.4 Å². The number of sulfonamides is 1. The number of aryl methyl sites for hydroxylation is 1. The first-order valence-corrected chi connectivity index (χ1v) is 5.98. The Morgan fingerprint density at radius 2 is 1.88 bits per heavy atom. The summed E-state index contributed by atoms with van der Waals surface area (Å²) in [5.74, 6) is -0.810. The normalized spacial score (nSPS) is 11.1. The number of carbonyl (C=O) groups excluding carboxylic acids is 2. The number of ketones is 1. The Morgan fingerprint density at radius 3 is 2.38 bits per heavy atom. The van der Waals surface area contributed by atoms with Gasteiger partial charge in [0, 0.05) is 0 Å². The lowest BCUT2D eigenvalue weighted by molar-refractivity contribution is -0.129. The highest BCUT2D eigenvalue weighted by Crippen LogP contribution is 2.09. The van der Waals surface area contributed by atoms with E-state index in [9.17, 15) is 18.0 Å². The van der Waals surface area contributed by atoms with Crippen LogP contribution in [0, 0.1) is 6.92 Å². The van der Waals surface area contributed by atoms with Gasteiger partial charge in [-0.15, -0.1) is 0 Å². The number of rotatable bonds is 5. The van der Waals surface area contributed by atoms with Crippen molar-refractivity contribution in [3.63, 3.8) is 0 Å². The molecule has 0 fully saturated rings. The number of aldehydes is 1. The lowest BCUT2D eigenvalue weighted by atomic mass is 10.2. The number of hydrogen-bond donors (Lipinski definition) is 1. The molecule has 0 aliphatic rings. The molecule has 0 aromatic heterocycles. The second kappa shape index (κ2) is 5.00. The summed E-state index contributed by atoms with van der Waals surface area (Å²) >= 11 is 0. The molecule has 16 heavy (non-hydrogen) atoms. The smallest absolute Gasteiger partial charge is 0.240 e. The predicted molar refractivity (Wildman–Crippen MR) is 57.4 cm³/mol. The molecular weight excluding hydrogens is 230 g/mol. The van der Waals surface area contributed by atoms with Gasteiger partial charge in [-0.1, -0.05) is 17.7 Å². The van der Waals surface area contributed by atoms with Crippen molar-refractivity contribution < 1.29 is 18.0 Å². The SMILES string of the molecule is Cc1ccc(S(=O)(=O)NCC(=O)C=O)cc1. The van der Waals surface area contributed by atoms with Crippen molar-refractivity contribution in [3.05, 3.63) is 29.8 Å². The molecule has 0 radical (unpaired) electrons. The highest BCUT2D eigenvalue weighted by molar-refractivity contribution is 7.89. The zero-order valence-electron chi connectivity index (χ0n) is 8.64. The van der Waals surface area contributed by atoms with E-state index in [0.29, 0.717) is 0 Å². The Kier molecular flexibility index (Phi) is 3.92. The van der Waals surface area contributed by atoms with Crippen LogP contribution in [0.5, 0.6) is 0 Å². The highest BCUT2D eigenvalue weighted by atomic mass is 32.2. The van der Waals surface area contributed by atoms with Gasteiger partial charge >= 0.3 is 0 Å². The first-order valence-electron chi connectivity index (χ1n) is 4.50. The summed E-state index contributed by atoms with van der Waals surface area (Å²) in [7, 11) is -3.71. The van der Waals surface area contributed by atoms with Crippen molar-refractivity contribution in [1.29, 1.82) is 0 Å². The minimum Gasteiger partial charge on any atom is -0.295 e. The molecule has 5 nitrogen and oxygen atoms in total. The maximum Gasteiger partial charge on any atom is 0.240 e. The Morgan fingerprint density at radius 1 is 1.31 bits per heavy atom. The molecule has 0 spiro atoms. The van der Waals surface area contributed by atoms with Gasteiger partial charge in [-0.25, -0.2) is 13.1 Å². The number of carbonyl (C=O) groups is 2. The molecule has 1 aromatic rings. The van der Waals surface area contributed by atoms with Gasteiger partial charge in [0.1, 0.15) is 0 Å². The molecule has 1 aromatic carbocycles. The Hall–Kier alpha value is -1.53. The minimum atomic E-state index is -3.71. The van der Waals surface area contributed by atoms with Gasteiger partial charge in [-0.2, -0.15) is 0 Å². The molecule has 0 saturated heterocycles.